The van der Waals surface area contributed by atoms with E-state index in [1.165, 1.54) is 42.0 Å². The maximum absolute atomic E-state index is 13.6. The zero-order valence-electron chi connectivity index (χ0n) is 20.9. The number of rotatable bonds is 6. The van der Waals surface area contributed by atoms with Crippen LogP contribution in [0.15, 0.2) is 42.5 Å². The Morgan fingerprint density at radius 1 is 1.00 bits per heavy atom. The van der Waals surface area contributed by atoms with Crippen molar-refractivity contribution < 1.29 is 18.7 Å². The number of nitrogens with zero attached hydrogens (tertiary/aromatic N) is 3. The number of benzene rings is 2. The molecule has 9 heteroatoms. The van der Waals surface area contributed by atoms with Gasteiger partial charge < -0.3 is 19.4 Å². The summed E-state index contributed by atoms with van der Waals surface area (Å²) in [5, 5.41) is 0.886. The van der Waals surface area contributed by atoms with Gasteiger partial charge in [0.2, 0.25) is 5.91 Å². The molecule has 2 unspecified atom stereocenters. The minimum absolute atomic E-state index is 0.000122. The minimum atomic E-state index is -0.565. The highest BCUT2D eigenvalue weighted by Crippen LogP contribution is 2.36. The first kappa shape index (κ1) is 26.3. The molecule has 2 saturated heterocycles. The first-order valence-corrected chi connectivity index (χ1v) is 13.7. The third-order valence-corrected chi connectivity index (χ3v) is 8.67. The summed E-state index contributed by atoms with van der Waals surface area (Å²) in [5.41, 5.74) is 0.912. The van der Waals surface area contributed by atoms with Gasteiger partial charge in [-0.25, -0.2) is 9.18 Å². The average Bonchev–Trinajstić information content (AvgIpc) is 3.60. The van der Waals surface area contributed by atoms with Crippen LogP contribution in [0.25, 0.3) is 0 Å². The molecule has 5 rings (SSSR count). The number of ether oxygens (including phenoxy) is 1. The van der Waals surface area contributed by atoms with Gasteiger partial charge in [0.05, 0.1) is 16.1 Å². The van der Waals surface area contributed by atoms with E-state index in [2.05, 4.69) is 4.90 Å². The molecule has 0 aromatic heterocycles. The SMILES string of the molecule is CN(C(=O)Oc1ccc(F)cc1)C1CN(C(=O)C2CCN(CC3CC3)CC2)CC1c1ccc(Cl)c(Cl)c1. The molecule has 2 aromatic rings. The molecule has 0 N–H and O–H groups in total. The number of likely N-dealkylation sites (tertiary alicyclic amines) is 2. The summed E-state index contributed by atoms with van der Waals surface area (Å²) in [6.45, 7) is 3.97. The van der Waals surface area contributed by atoms with Gasteiger partial charge in [-0.3, -0.25) is 4.79 Å². The van der Waals surface area contributed by atoms with Crippen LogP contribution >= 0.6 is 23.2 Å². The van der Waals surface area contributed by atoms with Crippen LogP contribution < -0.4 is 4.74 Å². The molecular formula is C28H32Cl2FN3O3. The number of carbonyl (C=O) groups is 2. The number of hydrogen-bond acceptors (Lipinski definition) is 4. The van der Waals surface area contributed by atoms with E-state index in [9.17, 15) is 14.0 Å². The fourth-order valence-electron chi connectivity index (χ4n) is 5.53. The number of hydrogen-bond donors (Lipinski definition) is 0. The second-order valence-electron chi connectivity index (χ2n) is 10.5. The van der Waals surface area contributed by atoms with Crippen molar-refractivity contribution in [2.45, 2.75) is 37.6 Å². The molecule has 2 amide bonds. The molecule has 198 valence electrons. The Labute approximate surface area is 227 Å². The van der Waals surface area contributed by atoms with Crippen molar-refractivity contribution in [2.24, 2.45) is 11.8 Å². The maximum atomic E-state index is 13.6. The molecule has 3 fully saturated rings. The minimum Gasteiger partial charge on any atom is -0.410 e. The lowest BCUT2D eigenvalue weighted by molar-refractivity contribution is -0.136. The summed E-state index contributed by atoms with van der Waals surface area (Å²) in [6, 6.07) is 10.5. The van der Waals surface area contributed by atoms with Gasteiger partial charge in [-0.1, -0.05) is 29.3 Å². The number of halogens is 3. The molecule has 37 heavy (non-hydrogen) atoms. The van der Waals surface area contributed by atoms with Crippen LogP contribution in [0.2, 0.25) is 10.0 Å². The Balaban J connectivity index is 1.30. The molecular weight excluding hydrogens is 516 g/mol. The third-order valence-electron chi connectivity index (χ3n) is 7.93. The van der Waals surface area contributed by atoms with Gasteiger partial charge in [0.25, 0.3) is 0 Å². The van der Waals surface area contributed by atoms with E-state index in [1.54, 1.807) is 13.1 Å². The number of carbonyl (C=O) groups excluding carboxylic acids is 2. The van der Waals surface area contributed by atoms with Gasteiger partial charge in [-0.05, 0) is 86.7 Å². The molecule has 0 radical (unpaired) electrons. The van der Waals surface area contributed by atoms with Crippen LogP contribution in [0, 0.1) is 17.7 Å². The van der Waals surface area contributed by atoms with E-state index in [0.29, 0.717) is 23.1 Å². The summed E-state index contributed by atoms with van der Waals surface area (Å²) >= 11 is 12.5. The molecule has 0 bridgehead atoms. The van der Waals surface area contributed by atoms with Crippen molar-refractivity contribution in [3.05, 3.63) is 63.9 Å². The molecule has 2 heterocycles. The highest BCUT2D eigenvalue weighted by atomic mass is 35.5. The highest BCUT2D eigenvalue weighted by molar-refractivity contribution is 6.42. The second-order valence-corrected chi connectivity index (χ2v) is 11.4. The van der Waals surface area contributed by atoms with Gasteiger partial charge in [0, 0.05) is 38.5 Å². The third kappa shape index (κ3) is 6.21. The van der Waals surface area contributed by atoms with E-state index in [0.717, 1.165) is 44.0 Å². The highest BCUT2D eigenvalue weighted by Gasteiger charge is 2.42. The molecule has 2 atom stereocenters. The lowest BCUT2D eigenvalue weighted by Gasteiger charge is -2.33. The molecule has 2 aliphatic heterocycles. The van der Waals surface area contributed by atoms with Gasteiger partial charge in [0.1, 0.15) is 11.6 Å². The van der Waals surface area contributed by atoms with Crippen LogP contribution in [0.3, 0.4) is 0 Å². The first-order valence-electron chi connectivity index (χ1n) is 12.9. The largest absolute Gasteiger partial charge is 0.415 e. The van der Waals surface area contributed by atoms with Crippen LogP contribution in [-0.2, 0) is 4.79 Å². The van der Waals surface area contributed by atoms with Gasteiger partial charge in [-0.15, -0.1) is 0 Å². The van der Waals surface area contributed by atoms with E-state index in [4.69, 9.17) is 27.9 Å². The molecule has 6 nitrogen and oxygen atoms in total. The Kier molecular flexibility index (Phi) is 7.93. The molecule has 1 aliphatic carbocycles. The van der Waals surface area contributed by atoms with E-state index < -0.39 is 11.9 Å². The quantitative estimate of drug-likeness (QED) is 0.466. The number of amides is 2. The topological polar surface area (TPSA) is 53.1 Å². The van der Waals surface area contributed by atoms with Crippen LogP contribution in [0.1, 0.15) is 37.2 Å². The normalized spacial score (nSPS) is 22.8. The molecule has 3 aliphatic rings. The summed E-state index contributed by atoms with van der Waals surface area (Å²) < 4.78 is 18.8. The van der Waals surface area contributed by atoms with Gasteiger partial charge in [-0.2, -0.15) is 0 Å². The van der Waals surface area contributed by atoms with E-state index in [1.807, 2.05) is 17.0 Å². The van der Waals surface area contributed by atoms with Crippen LogP contribution in [-0.4, -0.2) is 72.5 Å². The predicted octanol–water partition coefficient (Wildman–Crippen LogP) is 5.68. The zero-order chi connectivity index (χ0) is 26.1. The number of likely N-dealkylation sites (N-methyl/N-ethyl adjacent to an activating group) is 1. The fourth-order valence-corrected chi connectivity index (χ4v) is 5.83. The smallest absolute Gasteiger partial charge is 0.410 e. The fraction of sp³-hybridized carbons (Fsp3) is 0.500. The first-order chi connectivity index (χ1) is 17.8. The maximum Gasteiger partial charge on any atom is 0.415 e. The average molecular weight is 548 g/mol. The predicted molar refractivity (Wildman–Crippen MR) is 142 cm³/mol. The van der Waals surface area contributed by atoms with Crippen molar-refractivity contribution in [2.75, 3.05) is 39.8 Å². The molecule has 0 spiro atoms. The summed E-state index contributed by atoms with van der Waals surface area (Å²) in [4.78, 5) is 32.5. The Bertz CT molecular complexity index is 1140. The van der Waals surface area contributed by atoms with Crippen molar-refractivity contribution in [3.8, 4) is 5.75 Å². The second kappa shape index (κ2) is 11.2. The monoisotopic (exact) mass is 547 g/mol. The van der Waals surface area contributed by atoms with Crippen molar-refractivity contribution in [3.63, 3.8) is 0 Å². The summed E-state index contributed by atoms with van der Waals surface area (Å²) in [7, 11) is 1.67. The Morgan fingerprint density at radius 3 is 2.35 bits per heavy atom. The zero-order valence-corrected chi connectivity index (χ0v) is 22.4. The Morgan fingerprint density at radius 2 is 1.70 bits per heavy atom. The Hall–Kier alpha value is -2.35. The van der Waals surface area contributed by atoms with Crippen LogP contribution in [0.4, 0.5) is 9.18 Å². The lowest BCUT2D eigenvalue weighted by atomic mass is 9.93. The van der Waals surface area contributed by atoms with Gasteiger partial charge >= 0.3 is 6.09 Å². The van der Waals surface area contributed by atoms with E-state index >= 15 is 0 Å². The van der Waals surface area contributed by atoms with Crippen molar-refractivity contribution in [1.82, 2.24) is 14.7 Å². The summed E-state index contributed by atoms with van der Waals surface area (Å²) in [6.07, 6.45) is 3.84. The van der Waals surface area contributed by atoms with Crippen molar-refractivity contribution in [1.29, 1.82) is 0 Å². The lowest BCUT2D eigenvalue weighted by Crippen LogP contribution is -2.45. The van der Waals surface area contributed by atoms with Gasteiger partial charge in [0.15, 0.2) is 0 Å². The number of piperidine rings is 1. The molecule has 2 aromatic carbocycles. The van der Waals surface area contributed by atoms with Crippen molar-refractivity contribution >= 4 is 35.2 Å². The van der Waals surface area contributed by atoms with E-state index in [-0.39, 0.29) is 29.5 Å². The summed E-state index contributed by atoms with van der Waals surface area (Å²) in [5.74, 6) is 0.701. The van der Waals surface area contributed by atoms with Crippen LogP contribution in [0.5, 0.6) is 5.75 Å². The molecule has 1 saturated carbocycles. The standard InChI is InChI=1S/C28H32Cl2FN3O3/c1-32(28(36)37-22-7-5-21(31)6-8-22)26-17-34(16-23(26)20-4-9-24(29)25(30)14-20)27(35)19-10-12-33(13-11-19)15-18-2-3-18/h4-9,14,18-19,23,26H,2-3,10-13,15-17H2,1H3.